The third kappa shape index (κ3) is 2.74. The van der Waals surface area contributed by atoms with Crippen molar-refractivity contribution in [1.82, 2.24) is 9.29 Å². The summed E-state index contributed by atoms with van der Waals surface area (Å²) in [7, 11) is -1.75. The summed E-state index contributed by atoms with van der Waals surface area (Å²) in [6.07, 6.45) is 5.65. The summed E-state index contributed by atoms with van der Waals surface area (Å²) in [5, 5.41) is 9.07. The van der Waals surface area contributed by atoms with E-state index in [1.54, 1.807) is 23.4 Å². The Morgan fingerprint density at radius 1 is 1.56 bits per heavy atom. The maximum absolute atomic E-state index is 12.1. The number of aliphatic hydroxyl groups excluding tert-OH is 1. The SMILES string of the molecule is CSC1(CNS(=O)(=O)c2cc(CO)n(C)c2)CC1. The van der Waals surface area contributed by atoms with Gasteiger partial charge in [0.05, 0.1) is 11.5 Å². The second-order valence-electron chi connectivity index (χ2n) is 4.65. The van der Waals surface area contributed by atoms with E-state index in [0.29, 0.717) is 12.2 Å². The van der Waals surface area contributed by atoms with Crippen LogP contribution in [0.1, 0.15) is 18.5 Å². The Balaban J connectivity index is 2.10. The van der Waals surface area contributed by atoms with Crippen molar-refractivity contribution in [3.05, 3.63) is 18.0 Å². The summed E-state index contributed by atoms with van der Waals surface area (Å²) in [6.45, 7) is 0.306. The van der Waals surface area contributed by atoms with Crippen molar-refractivity contribution < 1.29 is 13.5 Å². The van der Waals surface area contributed by atoms with Crippen molar-refractivity contribution in [3.8, 4) is 0 Å². The molecule has 0 bridgehead atoms. The van der Waals surface area contributed by atoms with Gasteiger partial charge in [-0.15, -0.1) is 0 Å². The molecule has 7 heteroatoms. The van der Waals surface area contributed by atoms with Crippen LogP contribution >= 0.6 is 11.8 Å². The summed E-state index contributed by atoms with van der Waals surface area (Å²) < 4.78 is 28.5. The molecule has 2 rings (SSSR count). The van der Waals surface area contributed by atoms with Crippen molar-refractivity contribution in [1.29, 1.82) is 0 Å². The highest BCUT2D eigenvalue weighted by Gasteiger charge is 2.42. The van der Waals surface area contributed by atoms with Crippen LogP contribution < -0.4 is 4.72 Å². The van der Waals surface area contributed by atoms with E-state index in [-0.39, 0.29) is 16.2 Å². The molecule has 102 valence electrons. The third-order valence-electron chi connectivity index (χ3n) is 3.38. The van der Waals surface area contributed by atoms with Gasteiger partial charge < -0.3 is 9.67 Å². The summed E-state index contributed by atoms with van der Waals surface area (Å²) in [5.74, 6) is 0. The molecule has 1 saturated carbocycles. The highest BCUT2D eigenvalue weighted by atomic mass is 32.2. The monoisotopic (exact) mass is 290 g/mol. The van der Waals surface area contributed by atoms with E-state index in [1.807, 2.05) is 6.26 Å². The summed E-state index contributed by atoms with van der Waals surface area (Å²) in [4.78, 5) is 0.214. The first kappa shape index (κ1) is 13.9. The zero-order chi connectivity index (χ0) is 13.4. The van der Waals surface area contributed by atoms with Gasteiger partial charge in [0, 0.05) is 30.2 Å². The number of hydrogen-bond donors (Lipinski definition) is 2. The summed E-state index contributed by atoms with van der Waals surface area (Å²) >= 11 is 1.71. The van der Waals surface area contributed by atoms with Gasteiger partial charge in [-0.2, -0.15) is 11.8 Å². The van der Waals surface area contributed by atoms with Gasteiger partial charge in [-0.3, -0.25) is 0 Å². The average molecular weight is 290 g/mol. The Kier molecular flexibility index (Phi) is 3.77. The molecule has 5 nitrogen and oxygen atoms in total. The number of thioether (sulfide) groups is 1. The Hall–Kier alpha value is -0.500. The molecule has 1 aliphatic carbocycles. The Morgan fingerprint density at radius 2 is 2.22 bits per heavy atom. The minimum absolute atomic E-state index is 0.0989. The molecular weight excluding hydrogens is 272 g/mol. The molecule has 1 aromatic rings. The molecule has 0 unspecified atom stereocenters. The van der Waals surface area contributed by atoms with Gasteiger partial charge in [0.25, 0.3) is 0 Å². The molecule has 0 spiro atoms. The van der Waals surface area contributed by atoms with Crippen molar-refractivity contribution in [2.45, 2.75) is 29.1 Å². The largest absolute Gasteiger partial charge is 0.390 e. The number of aliphatic hydroxyl groups is 1. The van der Waals surface area contributed by atoms with Gasteiger partial charge in [-0.05, 0) is 25.2 Å². The lowest BCUT2D eigenvalue weighted by Crippen LogP contribution is -2.31. The van der Waals surface area contributed by atoms with Crippen LogP contribution in [0.3, 0.4) is 0 Å². The highest BCUT2D eigenvalue weighted by Crippen LogP contribution is 2.46. The molecule has 1 aliphatic rings. The van der Waals surface area contributed by atoms with E-state index >= 15 is 0 Å². The maximum Gasteiger partial charge on any atom is 0.242 e. The topological polar surface area (TPSA) is 71.3 Å². The molecule has 18 heavy (non-hydrogen) atoms. The minimum atomic E-state index is -3.47. The number of sulfonamides is 1. The lowest BCUT2D eigenvalue weighted by Gasteiger charge is -2.12. The van der Waals surface area contributed by atoms with E-state index in [9.17, 15) is 8.42 Å². The predicted molar refractivity (Wildman–Crippen MR) is 72.0 cm³/mol. The first-order chi connectivity index (χ1) is 8.42. The standard InChI is InChI=1S/C11H18N2O3S2/c1-13-6-10(5-9(13)7-14)18(15,16)12-8-11(17-2)3-4-11/h5-6,12,14H,3-4,7-8H2,1-2H3. The molecule has 0 amide bonds. The fraction of sp³-hybridized carbons (Fsp3) is 0.636. The lowest BCUT2D eigenvalue weighted by atomic mass is 10.4. The Bertz CT molecular complexity index is 532. The highest BCUT2D eigenvalue weighted by molar-refractivity contribution is 8.00. The molecule has 0 radical (unpaired) electrons. The smallest absolute Gasteiger partial charge is 0.242 e. The van der Waals surface area contributed by atoms with Crippen LogP contribution in [0.2, 0.25) is 0 Å². The van der Waals surface area contributed by atoms with Crippen LogP contribution in [0, 0.1) is 0 Å². The van der Waals surface area contributed by atoms with E-state index in [0.717, 1.165) is 12.8 Å². The zero-order valence-electron chi connectivity index (χ0n) is 10.5. The molecule has 2 N–H and O–H groups in total. The molecular formula is C11H18N2O3S2. The summed E-state index contributed by atoms with van der Waals surface area (Å²) in [5.41, 5.74) is 0.585. The number of hydrogen-bond acceptors (Lipinski definition) is 4. The van der Waals surface area contributed by atoms with Gasteiger partial charge >= 0.3 is 0 Å². The van der Waals surface area contributed by atoms with Crippen LogP contribution in [-0.4, -0.2) is 35.6 Å². The molecule has 1 aromatic heterocycles. The molecule has 0 atom stereocenters. The summed E-state index contributed by atoms with van der Waals surface area (Å²) in [6, 6.07) is 1.50. The number of rotatable bonds is 6. The van der Waals surface area contributed by atoms with E-state index < -0.39 is 10.0 Å². The average Bonchev–Trinajstić information content (AvgIpc) is 3.03. The second kappa shape index (κ2) is 4.88. The number of aromatic nitrogens is 1. The maximum atomic E-state index is 12.1. The first-order valence-electron chi connectivity index (χ1n) is 5.73. The third-order valence-corrected chi connectivity index (χ3v) is 6.17. The number of nitrogens with zero attached hydrogens (tertiary/aromatic N) is 1. The zero-order valence-corrected chi connectivity index (χ0v) is 12.1. The van der Waals surface area contributed by atoms with Crippen LogP contribution in [-0.2, 0) is 23.7 Å². The Labute approximate surface area is 112 Å². The van der Waals surface area contributed by atoms with E-state index in [4.69, 9.17) is 5.11 Å². The first-order valence-corrected chi connectivity index (χ1v) is 8.44. The van der Waals surface area contributed by atoms with Crippen molar-refractivity contribution in [3.63, 3.8) is 0 Å². The molecule has 0 aliphatic heterocycles. The number of nitrogens with one attached hydrogen (secondary N) is 1. The van der Waals surface area contributed by atoms with Gasteiger partial charge in [-0.1, -0.05) is 0 Å². The van der Waals surface area contributed by atoms with Gasteiger partial charge in [0.1, 0.15) is 0 Å². The van der Waals surface area contributed by atoms with Gasteiger partial charge in [-0.25, -0.2) is 13.1 Å². The number of aryl methyl sites for hydroxylation is 1. The van der Waals surface area contributed by atoms with E-state index in [2.05, 4.69) is 4.72 Å². The molecule has 1 fully saturated rings. The fourth-order valence-corrected chi connectivity index (χ4v) is 3.82. The molecule has 0 aromatic carbocycles. The van der Waals surface area contributed by atoms with Crippen LogP contribution in [0.5, 0.6) is 0 Å². The van der Waals surface area contributed by atoms with Crippen LogP contribution in [0.15, 0.2) is 17.2 Å². The minimum Gasteiger partial charge on any atom is -0.390 e. The Morgan fingerprint density at radius 3 is 2.67 bits per heavy atom. The molecule has 0 saturated heterocycles. The van der Waals surface area contributed by atoms with Crippen molar-refractivity contribution in [2.24, 2.45) is 7.05 Å². The molecule has 1 heterocycles. The normalized spacial score (nSPS) is 17.9. The van der Waals surface area contributed by atoms with Gasteiger partial charge in [0.15, 0.2) is 0 Å². The van der Waals surface area contributed by atoms with Crippen LogP contribution in [0.25, 0.3) is 0 Å². The van der Waals surface area contributed by atoms with Crippen molar-refractivity contribution >= 4 is 21.8 Å². The van der Waals surface area contributed by atoms with Crippen molar-refractivity contribution in [2.75, 3.05) is 12.8 Å². The second-order valence-corrected chi connectivity index (χ2v) is 7.69. The quantitative estimate of drug-likeness (QED) is 0.809. The van der Waals surface area contributed by atoms with Crippen LogP contribution in [0.4, 0.5) is 0 Å². The lowest BCUT2D eigenvalue weighted by molar-refractivity contribution is 0.272. The van der Waals surface area contributed by atoms with Gasteiger partial charge in [0.2, 0.25) is 10.0 Å². The fourth-order valence-electron chi connectivity index (χ4n) is 1.78. The van der Waals surface area contributed by atoms with E-state index in [1.165, 1.54) is 12.3 Å². The predicted octanol–water partition coefficient (Wildman–Crippen LogP) is 0.691.